The van der Waals surface area contributed by atoms with Gasteiger partial charge in [-0.15, -0.1) is 0 Å². The number of anilines is 2. The molecule has 0 amide bonds. The third-order valence-electron chi connectivity index (χ3n) is 5.46. The van der Waals surface area contributed by atoms with Crippen LogP contribution in [0.2, 0.25) is 0 Å². The van der Waals surface area contributed by atoms with Gasteiger partial charge in [0.25, 0.3) is 5.92 Å². The molecule has 0 aliphatic rings. The monoisotopic (exact) mass is 481 g/mol. The second kappa shape index (κ2) is 9.24. The molecule has 9 nitrogen and oxygen atoms in total. The SMILES string of the molecule is COc1ccncc1-c1cc(Nc2cc3c(nc(C)n3C)c(OCC(C)(F)F)n2)c(C=N)c(C)n1. The van der Waals surface area contributed by atoms with Gasteiger partial charge in [0.2, 0.25) is 5.88 Å². The number of halogens is 2. The summed E-state index contributed by atoms with van der Waals surface area (Å²) in [6, 6.07) is 5.24. The molecule has 0 saturated carbocycles. The van der Waals surface area contributed by atoms with Crippen LogP contribution in [0.5, 0.6) is 11.6 Å². The highest BCUT2D eigenvalue weighted by Crippen LogP contribution is 2.34. The Morgan fingerprint density at radius 1 is 1.20 bits per heavy atom. The Morgan fingerprint density at radius 3 is 2.66 bits per heavy atom. The number of ether oxygens (including phenoxy) is 2. The number of alkyl halides is 2. The summed E-state index contributed by atoms with van der Waals surface area (Å²) in [5.74, 6) is -1.42. The van der Waals surface area contributed by atoms with E-state index in [4.69, 9.17) is 14.9 Å². The fraction of sp³-hybridized carbons (Fsp3) is 0.292. The maximum absolute atomic E-state index is 13.5. The number of nitrogens with zero attached hydrogens (tertiary/aromatic N) is 5. The largest absolute Gasteiger partial charge is 0.496 e. The van der Waals surface area contributed by atoms with E-state index < -0.39 is 12.5 Å². The van der Waals surface area contributed by atoms with Crippen molar-refractivity contribution in [1.29, 1.82) is 5.41 Å². The quantitative estimate of drug-likeness (QED) is 0.347. The van der Waals surface area contributed by atoms with Crippen LogP contribution >= 0.6 is 0 Å². The minimum atomic E-state index is -3.03. The Morgan fingerprint density at radius 2 is 1.97 bits per heavy atom. The molecule has 0 fully saturated rings. The Labute approximate surface area is 200 Å². The first-order valence-electron chi connectivity index (χ1n) is 10.7. The summed E-state index contributed by atoms with van der Waals surface area (Å²) in [5.41, 5.74) is 4.00. The number of fused-ring (bicyclic) bond motifs is 1. The highest BCUT2D eigenvalue weighted by Gasteiger charge is 2.24. The molecule has 2 N–H and O–H groups in total. The van der Waals surface area contributed by atoms with E-state index >= 15 is 0 Å². The van der Waals surface area contributed by atoms with Crippen LogP contribution in [-0.4, -0.2) is 50.4 Å². The number of imidazole rings is 1. The molecule has 4 aromatic rings. The van der Waals surface area contributed by atoms with Crippen LogP contribution < -0.4 is 14.8 Å². The predicted octanol–water partition coefficient (Wildman–Crippen LogP) is 4.83. The Bertz CT molecular complexity index is 1410. The van der Waals surface area contributed by atoms with Gasteiger partial charge in [-0.1, -0.05) is 0 Å². The van der Waals surface area contributed by atoms with Crippen molar-refractivity contribution in [3.8, 4) is 22.9 Å². The smallest absolute Gasteiger partial charge is 0.278 e. The molecule has 0 atom stereocenters. The van der Waals surface area contributed by atoms with Gasteiger partial charge in [-0.25, -0.2) is 13.8 Å². The van der Waals surface area contributed by atoms with E-state index in [0.29, 0.717) is 56.6 Å². The average Bonchev–Trinajstić information content (AvgIpc) is 3.10. The van der Waals surface area contributed by atoms with Gasteiger partial charge in [-0.2, -0.15) is 4.98 Å². The lowest BCUT2D eigenvalue weighted by Crippen LogP contribution is -2.21. The molecule has 4 heterocycles. The molecule has 0 aliphatic carbocycles. The van der Waals surface area contributed by atoms with Crippen LogP contribution in [0.15, 0.2) is 30.6 Å². The van der Waals surface area contributed by atoms with Crippen molar-refractivity contribution < 1.29 is 18.3 Å². The van der Waals surface area contributed by atoms with Gasteiger partial charge in [0.05, 0.1) is 29.6 Å². The maximum Gasteiger partial charge on any atom is 0.278 e. The number of aryl methyl sites for hydroxylation is 3. The second-order valence-corrected chi connectivity index (χ2v) is 8.16. The minimum Gasteiger partial charge on any atom is -0.496 e. The van der Waals surface area contributed by atoms with Crippen LogP contribution in [0.25, 0.3) is 22.3 Å². The van der Waals surface area contributed by atoms with Gasteiger partial charge >= 0.3 is 0 Å². The van der Waals surface area contributed by atoms with Crippen molar-refractivity contribution in [3.63, 3.8) is 0 Å². The molecule has 4 rings (SSSR count). The van der Waals surface area contributed by atoms with Crippen molar-refractivity contribution in [1.82, 2.24) is 24.5 Å². The number of methoxy groups -OCH3 is 1. The average molecular weight is 482 g/mol. The fourth-order valence-corrected chi connectivity index (χ4v) is 3.63. The zero-order chi connectivity index (χ0) is 25.3. The summed E-state index contributed by atoms with van der Waals surface area (Å²) < 4.78 is 39.7. The summed E-state index contributed by atoms with van der Waals surface area (Å²) in [4.78, 5) is 17.6. The number of rotatable bonds is 8. The molecule has 35 heavy (non-hydrogen) atoms. The number of aromatic nitrogens is 5. The molecule has 0 spiro atoms. The number of nitrogens with one attached hydrogen (secondary N) is 2. The van der Waals surface area contributed by atoms with Gasteiger partial charge < -0.3 is 24.8 Å². The lowest BCUT2D eigenvalue weighted by Gasteiger charge is -2.16. The van der Waals surface area contributed by atoms with Crippen molar-refractivity contribution in [3.05, 3.63) is 47.7 Å². The van der Waals surface area contributed by atoms with Crippen LogP contribution in [0, 0.1) is 19.3 Å². The molecule has 0 radical (unpaired) electrons. The lowest BCUT2D eigenvalue weighted by molar-refractivity contribution is -0.0237. The molecule has 0 saturated heterocycles. The van der Waals surface area contributed by atoms with Crippen LogP contribution in [0.1, 0.15) is 24.0 Å². The van der Waals surface area contributed by atoms with E-state index in [1.807, 2.05) is 11.6 Å². The number of hydrogen-bond acceptors (Lipinski definition) is 8. The molecule has 182 valence electrons. The summed E-state index contributed by atoms with van der Waals surface area (Å²) in [6.07, 6.45) is 4.46. The first-order valence-corrected chi connectivity index (χ1v) is 10.7. The molecule has 0 unspecified atom stereocenters. The van der Waals surface area contributed by atoms with Gasteiger partial charge in [0.15, 0.2) is 12.1 Å². The van der Waals surface area contributed by atoms with Gasteiger partial charge in [0, 0.05) is 49.9 Å². The maximum atomic E-state index is 13.5. The normalized spacial score (nSPS) is 11.5. The Kier molecular flexibility index (Phi) is 6.33. The van der Waals surface area contributed by atoms with E-state index in [-0.39, 0.29) is 5.88 Å². The third kappa shape index (κ3) is 4.88. The summed E-state index contributed by atoms with van der Waals surface area (Å²) in [6.45, 7) is 3.54. The summed E-state index contributed by atoms with van der Waals surface area (Å²) in [7, 11) is 3.38. The second-order valence-electron chi connectivity index (χ2n) is 8.16. The first-order chi connectivity index (χ1) is 16.6. The van der Waals surface area contributed by atoms with Crippen molar-refractivity contribution in [2.24, 2.45) is 7.05 Å². The molecular formula is C24H25F2N7O2. The highest BCUT2D eigenvalue weighted by atomic mass is 19.3. The molecule has 11 heteroatoms. The van der Waals surface area contributed by atoms with Crippen LogP contribution in [0.3, 0.4) is 0 Å². The lowest BCUT2D eigenvalue weighted by atomic mass is 10.1. The number of hydrogen-bond donors (Lipinski definition) is 2. The van der Waals surface area contributed by atoms with Crippen LogP contribution in [-0.2, 0) is 7.05 Å². The topological polar surface area (TPSA) is 111 Å². The van der Waals surface area contributed by atoms with E-state index in [1.54, 1.807) is 51.6 Å². The zero-order valence-electron chi connectivity index (χ0n) is 20.0. The molecule has 0 aliphatic heterocycles. The van der Waals surface area contributed by atoms with E-state index in [1.165, 1.54) is 6.21 Å². The first kappa shape index (κ1) is 24.0. The molecule has 0 bridgehead atoms. The zero-order valence-corrected chi connectivity index (χ0v) is 20.0. The molecule has 0 aromatic carbocycles. The fourth-order valence-electron chi connectivity index (χ4n) is 3.63. The molecule has 4 aromatic heterocycles. The Hall–Kier alpha value is -4.15. The van der Waals surface area contributed by atoms with Crippen molar-refractivity contribution >= 4 is 28.8 Å². The third-order valence-corrected chi connectivity index (χ3v) is 5.46. The van der Waals surface area contributed by atoms with E-state index in [9.17, 15) is 8.78 Å². The van der Waals surface area contributed by atoms with E-state index in [0.717, 1.165) is 6.92 Å². The minimum absolute atomic E-state index is 0.00782. The van der Waals surface area contributed by atoms with Gasteiger partial charge in [-0.3, -0.25) is 9.97 Å². The van der Waals surface area contributed by atoms with Crippen molar-refractivity contribution in [2.45, 2.75) is 26.7 Å². The summed E-state index contributed by atoms with van der Waals surface area (Å²) in [5, 5.41) is 11.1. The summed E-state index contributed by atoms with van der Waals surface area (Å²) >= 11 is 0. The van der Waals surface area contributed by atoms with Crippen molar-refractivity contribution in [2.75, 3.05) is 19.0 Å². The van der Waals surface area contributed by atoms with Crippen LogP contribution in [0.4, 0.5) is 20.3 Å². The van der Waals surface area contributed by atoms with E-state index in [2.05, 4.69) is 25.3 Å². The predicted molar refractivity (Wildman–Crippen MR) is 129 cm³/mol. The van der Waals surface area contributed by atoms with Gasteiger partial charge in [-0.05, 0) is 26.0 Å². The van der Waals surface area contributed by atoms with Gasteiger partial charge in [0.1, 0.15) is 17.4 Å². The molecular weight excluding hydrogens is 456 g/mol. The Balaban J connectivity index is 1.82. The standard InChI is InChI=1S/C24H25F2N7O2/c1-13-15(10-27)17(8-18(29-13)16-11-28-7-6-20(16)34-5)31-21-9-19-22(30-14(2)33(19)4)23(32-21)35-12-24(3,25)26/h6-11,27H,12H2,1-5H3,(H,29,31,32). The highest BCUT2D eigenvalue weighted by molar-refractivity contribution is 5.91. The number of pyridine rings is 3.